The number of carbonyl (C=O) groups excluding carboxylic acids is 1. The normalized spacial score (nSPS) is 16.8. The van der Waals surface area contributed by atoms with Gasteiger partial charge in [-0.1, -0.05) is 29.8 Å². The first-order chi connectivity index (χ1) is 11.6. The molecule has 24 heavy (non-hydrogen) atoms. The van der Waals surface area contributed by atoms with Gasteiger partial charge < -0.3 is 10.1 Å². The summed E-state index contributed by atoms with van der Waals surface area (Å²) >= 11 is 0. The molecule has 6 heteroatoms. The zero-order chi connectivity index (χ0) is 16.9. The van der Waals surface area contributed by atoms with Gasteiger partial charge in [0.1, 0.15) is 5.69 Å². The standard InChI is InChI=1S/C18H24N4O2/c1-13-3-5-15(6-4-13)16-11-17(21-20-16)18(23)19-14(2)12-22-7-9-24-10-8-22/h3-6,11,14H,7-10,12H2,1-2H3,(H,19,23)(H,20,21). The molecule has 0 spiro atoms. The van der Waals surface area contributed by atoms with E-state index < -0.39 is 0 Å². The molecule has 1 aromatic heterocycles. The molecule has 2 aromatic rings. The first-order valence-electron chi connectivity index (χ1n) is 8.35. The number of ether oxygens (including phenoxy) is 1. The second-order valence-corrected chi connectivity index (χ2v) is 6.32. The second kappa shape index (κ2) is 7.59. The van der Waals surface area contributed by atoms with Gasteiger partial charge >= 0.3 is 0 Å². The van der Waals surface area contributed by atoms with Crippen LogP contribution in [0.25, 0.3) is 11.3 Å². The molecule has 1 fully saturated rings. The van der Waals surface area contributed by atoms with E-state index >= 15 is 0 Å². The van der Waals surface area contributed by atoms with E-state index in [0.29, 0.717) is 5.69 Å². The summed E-state index contributed by atoms with van der Waals surface area (Å²) in [5.74, 6) is -0.123. The highest BCUT2D eigenvalue weighted by molar-refractivity contribution is 5.93. The minimum atomic E-state index is -0.123. The fraction of sp³-hybridized carbons (Fsp3) is 0.444. The zero-order valence-electron chi connectivity index (χ0n) is 14.2. The molecule has 0 radical (unpaired) electrons. The highest BCUT2D eigenvalue weighted by atomic mass is 16.5. The van der Waals surface area contributed by atoms with Crippen molar-refractivity contribution >= 4 is 5.91 Å². The second-order valence-electron chi connectivity index (χ2n) is 6.32. The lowest BCUT2D eigenvalue weighted by Gasteiger charge is -2.29. The number of hydrogen-bond donors (Lipinski definition) is 2. The van der Waals surface area contributed by atoms with Crippen molar-refractivity contribution < 1.29 is 9.53 Å². The molecule has 1 amide bonds. The van der Waals surface area contributed by atoms with E-state index in [4.69, 9.17) is 4.74 Å². The molecule has 2 heterocycles. The summed E-state index contributed by atoms with van der Waals surface area (Å²) < 4.78 is 5.34. The largest absolute Gasteiger partial charge is 0.379 e. The Hall–Kier alpha value is -2.18. The molecule has 1 aliphatic rings. The Morgan fingerprint density at radius 3 is 2.75 bits per heavy atom. The smallest absolute Gasteiger partial charge is 0.269 e. The first-order valence-corrected chi connectivity index (χ1v) is 8.35. The fourth-order valence-electron chi connectivity index (χ4n) is 2.83. The summed E-state index contributed by atoms with van der Waals surface area (Å²) in [4.78, 5) is 14.7. The number of hydrogen-bond acceptors (Lipinski definition) is 4. The van der Waals surface area contributed by atoms with Gasteiger partial charge in [0.15, 0.2) is 0 Å². The van der Waals surface area contributed by atoms with E-state index in [0.717, 1.165) is 44.1 Å². The van der Waals surface area contributed by atoms with Crippen molar-refractivity contribution in [3.63, 3.8) is 0 Å². The molecule has 0 bridgehead atoms. The first kappa shape index (κ1) is 16.7. The van der Waals surface area contributed by atoms with Crippen LogP contribution in [0, 0.1) is 6.92 Å². The molecule has 1 aromatic carbocycles. The van der Waals surface area contributed by atoms with E-state index in [-0.39, 0.29) is 11.9 Å². The molecular weight excluding hydrogens is 304 g/mol. The third kappa shape index (κ3) is 4.21. The molecular formula is C18H24N4O2. The van der Waals surface area contributed by atoms with Crippen LogP contribution in [0.1, 0.15) is 23.0 Å². The minimum Gasteiger partial charge on any atom is -0.379 e. The van der Waals surface area contributed by atoms with Crippen LogP contribution in [-0.2, 0) is 4.74 Å². The number of carbonyl (C=O) groups is 1. The van der Waals surface area contributed by atoms with E-state index in [2.05, 4.69) is 20.4 Å². The van der Waals surface area contributed by atoms with Gasteiger partial charge in [0.25, 0.3) is 5.91 Å². The summed E-state index contributed by atoms with van der Waals surface area (Å²) in [5, 5.41) is 10.1. The van der Waals surface area contributed by atoms with E-state index in [1.54, 1.807) is 6.07 Å². The van der Waals surface area contributed by atoms with Gasteiger partial charge in [-0.15, -0.1) is 0 Å². The molecule has 6 nitrogen and oxygen atoms in total. The predicted molar refractivity (Wildman–Crippen MR) is 92.9 cm³/mol. The number of nitrogens with one attached hydrogen (secondary N) is 2. The number of aromatic amines is 1. The Morgan fingerprint density at radius 2 is 2.04 bits per heavy atom. The van der Waals surface area contributed by atoms with Crippen LogP contribution < -0.4 is 5.32 Å². The molecule has 1 atom stereocenters. The highest BCUT2D eigenvalue weighted by Crippen LogP contribution is 2.18. The van der Waals surface area contributed by atoms with Crippen LogP contribution in [0.15, 0.2) is 30.3 Å². The topological polar surface area (TPSA) is 70.2 Å². The van der Waals surface area contributed by atoms with Crippen molar-refractivity contribution in [2.45, 2.75) is 19.9 Å². The third-order valence-corrected chi connectivity index (χ3v) is 4.18. The summed E-state index contributed by atoms with van der Waals surface area (Å²) in [6, 6.07) is 9.95. The Kier molecular flexibility index (Phi) is 5.27. The van der Waals surface area contributed by atoms with E-state index in [1.165, 1.54) is 5.56 Å². The average molecular weight is 328 g/mol. The molecule has 1 unspecified atom stereocenters. The third-order valence-electron chi connectivity index (χ3n) is 4.18. The zero-order valence-corrected chi connectivity index (χ0v) is 14.2. The van der Waals surface area contributed by atoms with Gasteiger partial charge in [-0.2, -0.15) is 5.10 Å². The SMILES string of the molecule is Cc1ccc(-c2cc(C(=O)NC(C)CN3CCOCC3)[nH]n2)cc1. The number of morpholine rings is 1. The summed E-state index contributed by atoms with van der Waals surface area (Å²) in [6.07, 6.45) is 0. The van der Waals surface area contributed by atoms with Gasteiger partial charge in [0.05, 0.1) is 18.9 Å². The summed E-state index contributed by atoms with van der Waals surface area (Å²) in [6.45, 7) is 8.26. The minimum absolute atomic E-state index is 0.0710. The quantitative estimate of drug-likeness (QED) is 0.878. The van der Waals surface area contributed by atoms with Gasteiger partial charge in [0.2, 0.25) is 0 Å². The van der Waals surface area contributed by atoms with Crippen LogP contribution in [-0.4, -0.2) is 59.9 Å². The van der Waals surface area contributed by atoms with Crippen molar-refractivity contribution in [2.24, 2.45) is 0 Å². The van der Waals surface area contributed by atoms with Crippen LogP contribution in [0.4, 0.5) is 0 Å². The maximum Gasteiger partial charge on any atom is 0.269 e. The number of H-pyrrole nitrogens is 1. The Labute approximate surface area is 142 Å². The van der Waals surface area contributed by atoms with Crippen molar-refractivity contribution in [1.82, 2.24) is 20.4 Å². The summed E-state index contributed by atoms with van der Waals surface area (Å²) in [7, 11) is 0. The van der Waals surface area contributed by atoms with Crippen LogP contribution in [0.3, 0.4) is 0 Å². The van der Waals surface area contributed by atoms with E-state index in [1.807, 2.05) is 38.1 Å². The van der Waals surface area contributed by atoms with Crippen molar-refractivity contribution in [1.29, 1.82) is 0 Å². The van der Waals surface area contributed by atoms with Gasteiger partial charge in [-0.05, 0) is 19.9 Å². The Morgan fingerprint density at radius 1 is 1.33 bits per heavy atom. The number of nitrogens with zero attached hydrogens (tertiary/aromatic N) is 2. The molecule has 1 aliphatic heterocycles. The lowest BCUT2D eigenvalue weighted by atomic mass is 10.1. The molecule has 2 N–H and O–H groups in total. The summed E-state index contributed by atoms with van der Waals surface area (Å²) in [5.41, 5.74) is 3.46. The molecule has 128 valence electrons. The maximum atomic E-state index is 12.4. The average Bonchev–Trinajstić information content (AvgIpc) is 3.06. The lowest BCUT2D eigenvalue weighted by molar-refractivity contribution is 0.0342. The molecule has 0 aliphatic carbocycles. The van der Waals surface area contributed by atoms with Gasteiger partial charge in [-0.25, -0.2) is 0 Å². The number of rotatable bonds is 5. The van der Waals surface area contributed by atoms with Crippen molar-refractivity contribution in [2.75, 3.05) is 32.8 Å². The fourth-order valence-corrected chi connectivity index (χ4v) is 2.83. The predicted octanol–water partition coefficient (Wildman–Crippen LogP) is 1.84. The number of benzene rings is 1. The van der Waals surface area contributed by atoms with Crippen LogP contribution in [0.5, 0.6) is 0 Å². The van der Waals surface area contributed by atoms with E-state index in [9.17, 15) is 4.79 Å². The Balaban J connectivity index is 1.58. The van der Waals surface area contributed by atoms with Gasteiger partial charge in [0, 0.05) is 31.2 Å². The highest BCUT2D eigenvalue weighted by Gasteiger charge is 2.17. The van der Waals surface area contributed by atoms with Crippen molar-refractivity contribution in [3.05, 3.63) is 41.6 Å². The molecule has 0 saturated carbocycles. The lowest BCUT2D eigenvalue weighted by Crippen LogP contribution is -2.46. The molecule has 3 rings (SSSR count). The monoisotopic (exact) mass is 328 g/mol. The van der Waals surface area contributed by atoms with Crippen LogP contribution in [0.2, 0.25) is 0 Å². The number of aromatic nitrogens is 2. The number of amides is 1. The number of aryl methyl sites for hydroxylation is 1. The maximum absolute atomic E-state index is 12.4. The van der Waals surface area contributed by atoms with Gasteiger partial charge in [-0.3, -0.25) is 14.8 Å². The van der Waals surface area contributed by atoms with Crippen molar-refractivity contribution in [3.8, 4) is 11.3 Å². The van der Waals surface area contributed by atoms with Crippen LogP contribution >= 0.6 is 0 Å². The Bertz CT molecular complexity index is 675. The molecule has 1 saturated heterocycles.